The zero-order valence-electron chi connectivity index (χ0n) is 11.0. The molecule has 0 aliphatic carbocycles. The van der Waals surface area contributed by atoms with E-state index >= 15 is 0 Å². The van der Waals surface area contributed by atoms with Crippen LogP contribution in [0, 0.1) is 5.82 Å². The van der Waals surface area contributed by atoms with E-state index in [9.17, 15) is 8.60 Å². The second-order valence-electron chi connectivity index (χ2n) is 4.22. The van der Waals surface area contributed by atoms with Crippen LogP contribution in [0.3, 0.4) is 0 Å². The largest absolute Gasteiger partial charge is 0.256 e. The number of aromatic nitrogens is 5. The lowest BCUT2D eigenvalue weighted by atomic mass is 10.1. The summed E-state index contributed by atoms with van der Waals surface area (Å²) >= 11 is 0. The molecule has 0 N–H and O–H groups in total. The standard InChI is InChI=1S/C13H10FN5OS/c1-21(20)13-18-15-8-19(13)12-7-6-11(16-17-12)9-2-4-10(14)5-3-9/h2-8H,1H3. The molecule has 0 spiro atoms. The summed E-state index contributed by atoms with van der Waals surface area (Å²) < 4.78 is 25.9. The van der Waals surface area contributed by atoms with Gasteiger partial charge in [-0.05, 0) is 36.4 Å². The molecule has 0 aliphatic rings. The lowest BCUT2D eigenvalue weighted by molar-refractivity contribution is 0.628. The van der Waals surface area contributed by atoms with Gasteiger partial charge in [0, 0.05) is 11.8 Å². The molecule has 106 valence electrons. The molecule has 21 heavy (non-hydrogen) atoms. The predicted molar refractivity (Wildman–Crippen MR) is 74.7 cm³/mol. The third kappa shape index (κ3) is 2.70. The summed E-state index contributed by atoms with van der Waals surface area (Å²) in [5.74, 6) is 0.166. The molecular weight excluding hydrogens is 293 g/mol. The molecule has 0 amide bonds. The molecule has 2 heterocycles. The van der Waals surface area contributed by atoms with Gasteiger partial charge in [-0.2, -0.15) is 0 Å². The van der Waals surface area contributed by atoms with Gasteiger partial charge in [-0.15, -0.1) is 20.4 Å². The SMILES string of the molecule is CS(=O)c1nncn1-c1ccc(-c2ccc(F)cc2)nn1. The van der Waals surface area contributed by atoms with Crippen LogP contribution in [-0.2, 0) is 10.8 Å². The molecule has 2 aromatic heterocycles. The van der Waals surface area contributed by atoms with E-state index in [1.807, 2.05) is 0 Å². The second kappa shape index (κ2) is 5.49. The molecule has 3 rings (SSSR count). The molecular formula is C13H10FN5OS. The van der Waals surface area contributed by atoms with Crippen molar-refractivity contribution in [1.29, 1.82) is 0 Å². The van der Waals surface area contributed by atoms with Crippen molar-refractivity contribution in [3.05, 3.63) is 48.5 Å². The fourth-order valence-electron chi connectivity index (χ4n) is 1.81. The number of rotatable bonds is 3. The Bertz CT molecular complexity index is 785. The predicted octanol–water partition coefficient (Wildman–Crippen LogP) is 1.60. The number of halogens is 1. The summed E-state index contributed by atoms with van der Waals surface area (Å²) in [5, 5.41) is 16.0. The van der Waals surface area contributed by atoms with Gasteiger partial charge in [0.1, 0.15) is 12.1 Å². The van der Waals surface area contributed by atoms with Crippen molar-refractivity contribution in [2.24, 2.45) is 0 Å². The lowest BCUT2D eigenvalue weighted by Crippen LogP contribution is -2.04. The fraction of sp³-hybridized carbons (Fsp3) is 0.0769. The van der Waals surface area contributed by atoms with Crippen molar-refractivity contribution in [2.75, 3.05) is 6.26 Å². The van der Waals surface area contributed by atoms with Gasteiger partial charge in [0.2, 0.25) is 5.16 Å². The van der Waals surface area contributed by atoms with Gasteiger partial charge in [0.05, 0.1) is 16.5 Å². The second-order valence-corrected chi connectivity index (χ2v) is 5.49. The monoisotopic (exact) mass is 303 g/mol. The molecule has 1 aromatic carbocycles. The van der Waals surface area contributed by atoms with Gasteiger partial charge in [-0.1, -0.05) is 0 Å². The van der Waals surface area contributed by atoms with Crippen LogP contribution in [-0.4, -0.2) is 35.4 Å². The summed E-state index contributed by atoms with van der Waals surface area (Å²) in [7, 11) is -1.27. The lowest BCUT2D eigenvalue weighted by Gasteiger charge is -2.04. The summed E-state index contributed by atoms with van der Waals surface area (Å²) in [4.78, 5) is 0. The van der Waals surface area contributed by atoms with Crippen LogP contribution in [0.5, 0.6) is 0 Å². The molecule has 6 nitrogen and oxygen atoms in total. The smallest absolute Gasteiger partial charge is 0.226 e. The van der Waals surface area contributed by atoms with E-state index in [1.54, 1.807) is 24.3 Å². The number of nitrogens with zero attached hydrogens (tertiary/aromatic N) is 5. The molecule has 0 radical (unpaired) electrons. The van der Waals surface area contributed by atoms with Crippen molar-refractivity contribution in [2.45, 2.75) is 5.16 Å². The van der Waals surface area contributed by atoms with Crippen LogP contribution in [0.15, 0.2) is 47.9 Å². The Morgan fingerprint density at radius 2 is 1.81 bits per heavy atom. The summed E-state index contributed by atoms with van der Waals surface area (Å²) in [6.07, 6.45) is 2.94. The average molecular weight is 303 g/mol. The normalized spacial score (nSPS) is 12.3. The quantitative estimate of drug-likeness (QED) is 0.735. The van der Waals surface area contributed by atoms with Crippen LogP contribution in [0.25, 0.3) is 17.1 Å². The highest BCUT2D eigenvalue weighted by Crippen LogP contribution is 2.17. The summed E-state index contributed by atoms with van der Waals surface area (Å²) in [6, 6.07) is 9.45. The van der Waals surface area contributed by atoms with E-state index in [0.29, 0.717) is 16.7 Å². The maximum atomic E-state index is 12.9. The highest BCUT2D eigenvalue weighted by molar-refractivity contribution is 7.84. The minimum atomic E-state index is -1.27. The zero-order valence-corrected chi connectivity index (χ0v) is 11.8. The van der Waals surface area contributed by atoms with Gasteiger partial charge in [-0.25, -0.2) is 4.39 Å². The first-order chi connectivity index (χ1) is 10.1. The number of hydrogen-bond acceptors (Lipinski definition) is 5. The van der Waals surface area contributed by atoms with Crippen LogP contribution in [0.1, 0.15) is 0 Å². The van der Waals surface area contributed by atoms with E-state index in [-0.39, 0.29) is 5.82 Å². The Hall–Kier alpha value is -2.48. The number of benzene rings is 1. The van der Waals surface area contributed by atoms with Crippen molar-refractivity contribution in [3.63, 3.8) is 0 Å². The summed E-state index contributed by atoms with van der Waals surface area (Å²) in [6.45, 7) is 0. The summed E-state index contributed by atoms with van der Waals surface area (Å²) in [5.41, 5.74) is 1.38. The Morgan fingerprint density at radius 3 is 2.43 bits per heavy atom. The molecule has 0 saturated carbocycles. The minimum Gasteiger partial charge on any atom is -0.256 e. The molecule has 0 fully saturated rings. The van der Waals surface area contributed by atoms with Gasteiger partial charge in [0.25, 0.3) is 0 Å². The zero-order chi connectivity index (χ0) is 14.8. The fourth-order valence-corrected chi connectivity index (χ4v) is 2.39. The van der Waals surface area contributed by atoms with E-state index in [2.05, 4.69) is 20.4 Å². The average Bonchev–Trinajstić information content (AvgIpc) is 2.98. The molecule has 8 heteroatoms. The Morgan fingerprint density at radius 1 is 1.05 bits per heavy atom. The van der Waals surface area contributed by atoms with Crippen molar-refractivity contribution in [1.82, 2.24) is 25.0 Å². The van der Waals surface area contributed by atoms with Gasteiger partial charge < -0.3 is 0 Å². The Balaban J connectivity index is 1.95. The topological polar surface area (TPSA) is 73.6 Å². The molecule has 0 bridgehead atoms. The van der Waals surface area contributed by atoms with Crippen molar-refractivity contribution < 1.29 is 8.60 Å². The number of hydrogen-bond donors (Lipinski definition) is 0. The Kier molecular flexibility index (Phi) is 3.53. The van der Waals surface area contributed by atoms with Crippen molar-refractivity contribution in [3.8, 4) is 17.1 Å². The maximum absolute atomic E-state index is 12.9. The van der Waals surface area contributed by atoms with Gasteiger partial charge in [-0.3, -0.25) is 8.78 Å². The first kappa shape index (κ1) is 13.5. The van der Waals surface area contributed by atoms with E-state index < -0.39 is 10.8 Å². The van der Waals surface area contributed by atoms with Gasteiger partial charge in [0.15, 0.2) is 5.82 Å². The van der Waals surface area contributed by atoms with Crippen LogP contribution in [0.2, 0.25) is 0 Å². The van der Waals surface area contributed by atoms with Crippen LogP contribution in [0.4, 0.5) is 4.39 Å². The van der Waals surface area contributed by atoms with E-state index in [4.69, 9.17) is 0 Å². The minimum absolute atomic E-state index is 0.303. The third-order valence-electron chi connectivity index (χ3n) is 2.81. The molecule has 1 atom stereocenters. The first-order valence-electron chi connectivity index (χ1n) is 5.98. The highest BCUT2D eigenvalue weighted by atomic mass is 32.2. The maximum Gasteiger partial charge on any atom is 0.226 e. The van der Waals surface area contributed by atoms with E-state index in [0.717, 1.165) is 5.56 Å². The van der Waals surface area contributed by atoms with Crippen LogP contribution >= 0.6 is 0 Å². The third-order valence-corrected chi connectivity index (χ3v) is 3.60. The van der Waals surface area contributed by atoms with E-state index in [1.165, 1.54) is 29.3 Å². The molecule has 3 aromatic rings. The van der Waals surface area contributed by atoms with Crippen LogP contribution < -0.4 is 0 Å². The molecule has 0 saturated heterocycles. The first-order valence-corrected chi connectivity index (χ1v) is 7.54. The van der Waals surface area contributed by atoms with Crippen molar-refractivity contribution >= 4 is 10.8 Å². The highest BCUT2D eigenvalue weighted by Gasteiger charge is 2.11. The Labute approximate surface area is 122 Å². The molecule has 0 aliphatic heterocycles. The molecule has 1 unspecified atom stereocenters. The van der Waals surface area contributed by atoms with Gasteiger partial charge >= 0.3 is 0 Å².